The summed E-state index contributed by atoms with van der Waals surface area (Å²) in [4.78, 5) is 14.5. The zero-order valence-electron chi connectivity index (χ0n) is 8.69. The quantitative estimate of drug-likeness (QED) is 0.804. The first-order chi connectivity index (χ1) is 7.33. The Labute approximate surface area is 92.5 Å². The van der Waals surface area contributed by atoms with E-state index in [1.54, 1.807) is 4.57 Å². The molecule has 2 rings (SSSR count). The van der Waals surface area contributed by atoms with Crippen LogP contribution in [0.25, 0.3) is 11.0 Å². The van der Waals surface area contributed by atoms with Gasteiger partial charge >= 0.3 is 5.69 Å². The molecule has 4 heteroatoms. The third kappa shape index (κ3) is 2.09. The number of hydrogen-bond donors (Lipinski definition) is 1. The van der Waals surface area contributed by atoms with Gasteiger partial charge in [0.15, 0.2) is 0 Å². The van der Waals surface area contributed by atoms with Crippen molar-refractivity contribution in [2.24, 2.45) is 0 Å². The topological polar surface area (TPSA) is 37.8 Å². The zero-order chi connectivity index (χ0) is 10.7. The zero-order valence-corrected chi connectivity index (χ0v) is 9.51. The predicted molar refractivity (Wildman–Crippen MR) is 65.6 cm³/mol. The van der Waals surface area contributed by atoms with Crippen molar-refractivity contribution in [1.82, 2.24) is 9.55 Å². The van der Waals surface area contributed by atoms with Crippen LogP contribution in [0.2, 0.25) is 0 Å². The van der Waals surface area contributed by atoms with Crippen LogP contribution in [-0.4, -0.2) is 21.1 Å². The maximum Gasteiger partial charge on any atom is 0.326 e. The van der Waals surface area contributed by atoms with Gasteiger partial charge < -0.3 is 4.98 Å². The maximum atomic E-state index is 11.6. The summed E-state index contributed by atoms with van der Waals surface area (Å²) < 4.78 is 1.80. The Morgan fingerprint density at radius 3 is 3.00 bits per heavy atom. The first-order valence-corrected chi connectivity index (χ1v) is 6.23. The molecule has 0 saturated heterocycles. The highest BCUT2D eigenvalue weighted by Gasteiger charge is 2.04. The average Bonchev–Trinajstić information content (AvgIpc) is 2.56. The van der Waals surface area contributed by atoms with Gasteiger partial charge in [0.25, 0.3) is 0 Å². The number of H-pyrrole nitrogens is 1. The molecule has 15 heavy (non-hydrogen) atoms. The number of nitrogens with one attached hydrogen (secondary N) is 1. The van der Waals surface area contributed by atoms with E-state index in [4.69, 9.17) is 0 Å². The molecule has 3 nitrogen and oxygen atoms in total. The van der Waals surface area contributed by atoms with E-state index in [0.29, 0.717) is 0 Å². The Hall–Kier alpha value is -1.16. The van der Waals surface area contributed by atoms with E-state index in [0.717, 1.165) is 29.1 Å². The third-order valence-corrected chi connectivity index (χ3v) is 3.22. The smallest absolute Gasteiger partial charge is 0.306 e. The van der Waals surface area contributed by atoms with Crippen LogP contribution in [0, 0.1) is 0 Å². The van der Waals surface area contributed by atoms with E-state index >= 15 is 0 Å². The molecule has 1 heterocycles. The van der Waals surface area contributed by atoms with Gasteiger partial charge in [0.1, 0.15) is 0 Å². The minimum atomic E-state index is -0.00657. The molecule has 0 aliphatic heterocycles. The molecular weight excluding hydrogens is 208 g/mol. The van der Waals surface area contributed by atoms with E-state index in [1.807, 2.05) is 36.0 Å². The van der Waals surface area contributed by atoms with Crippen molar-refractivity contribution in [2.45, 2.75) is 13.5 Å². The molecule has 1 N–H and O–H groups in total. The van der Waals surface area contributed by atoms with Gasteiger partial charge in [-0.3, -0.25) is 4.57 Å². The van der Waals surface area contributed by atoms with Crippen LogP contribution >= 0.6 is 11.8 Å². The molecule has 2 aromatic rings. The number of benzene rings is 1. The number of hydrogen-bond acceptors (Lipinski definition) is 2. The molecule has 0 spiro atoms. The van der Waals surface area contributed by atoms with Crippen LogP contribution < -0.4 is 5.69 Å². The van der Waals surface area contributed by atoms with Gasteiger partial charge in [0.2, 0.25) is 0 Å². The van der Waals surface area contributed by atoms with Crippen LogP contribution in [0.3, 0.4) is 0 Å². The summed E-state index contributed by atoms with van der Waals surface area (Å²) in [7, 11) is 0. The van der Waals surface area contributed by atoms with Crippen LogP contribution in [0.4, 0.5) is 0 Å². The summed E-state index contributed by atoms with van der Waals surface area (Å²) >= 11 is 1.85. The standard InChI is InChI=1S/C11H14N2OS/c1-2-15-8-7-13-10-6-4-3-5-9(10)12-11(13)14/h3-6H,2,7-8H2,1H3,(H,12,14). The highest BCUT2D eigenvalue weighted by atomic mass is 32.2. The van der Waals surface area contributed by atoms with Crippen molar-refractivity contribution in [3.8, 4) is 0 Å². The fourth-order valence-electron chi connectivity index (χ4n) is 1.63. The number of aromatic amines is 1. The van der Waals surface area contributed by atoms with Gasteiger partial charge in [-0.2, -0.15) is 11.8 Å². The van der Waals surface area contributed by atoms with Crippen LogP contribution in [0.15, 0.2) is 29.1 Å². The Kier molecular flexibility index (Phi) is 3.16. The minimum absolute atomic E-state index is 0.00657. The number of thioether (sulfide) groups is 1. The van der Waals surface area contributed by atoms with Crippen molar-refractivity contribution in [2.75, 3.05) is 11.5 Å². The minimum Gasteiger partial charge on any atom is -0.306 e. The summed E-state index contributed by atoms with van der Waals surface area (Å²) in [5, 5.41) is 0. The molecule has 0 fully saturated rings. The number of para-hydroxylation sites is 2. The summed E-state index contributed by atoms with van der Waals surface area (Å²) in [5.74, 6) is 2.08. The Morgan fingerprint density at radius 1 is 1.40 bits per heavy atom. The summed E-state index contributed by atoms with van der Waals surface area (Å²) in [5.41, 5.74) is 1.91. The number of rotatable bonds is 4. The van der Waals surface area contributed by atoms with Gasteiger partial charge in [0, 0.05) is 12.3 Å². The molecular formula is C11H14N2OS. The van der Waals surface area contributed by atoms with Crippen LogP contribution in [-0.2, 0) is 6.54 Å². The van der Waals surface area contributed by atoms with Crippen LogP contribution in [0.1, 0.15) is 6.92 Å². The summed E-state index contributed by atoms with van der Waals surface area (Å²) in [6, 6.07) is 7.80. The largest absolute Gasteiger partial charge is 0.326 e. The molecule has 0 saturated carbocycles. The lowest BCUT2D eigenvalue weighted by molar-refractivity contribution is 0.762. The number of aryl methyl sites for hydroxylation is 1. The van der Waals surface area contributed by atoms with E-state index < -0.39 is 0 Å². The second-order valence-corrected chi connectivity index (χ2v) is 4.69. The van der Waals surface area contributed by atoms with E-state index in [9.17, 15) is 4.79 Å². The Morgan fingerprint density at radius 2 is 2.20 bits per heavy atom. The van der Waals surface area contributed by atoms with E-state index in [1.165, 1.54) is 0 Å². The lowest BCUT2D eigenvalue weighted by Crippen LogP contribution is -2.17. The van der Waals surface area contributed by atoms with Crippen molar-refractivity contribution in [3.63, 3.8) is 0 Å². The van der Waals surface area contributed by atoms with Gasteiger partial charge in [-0.1, -0.05) is 19.1 Å². The van der Waals surface area contributed by atoms with E-state index in [2.05, 4.69) is 11.9 Å². The highest BCUT2D eigenvalue weighted by Crippen LogP contribution is 2.09. The van der Waals surface area contributed by atoms with Gasteiger partial charge in [-0.25, -0.2) is 4.79 Å². The van der Waals surface area contributed by atoms with Crippen LogP contribution in [0.5, 0.6) is 0 Å². The first kappa shape index (κ1) is 10.4. The van der Waals surface area contributed by atoms with Gasteiger partial charge in [0.05, 0.1) is 11.0 Å². The van der Waals surface area contributed by atoms with Gasteiger partial charge in [-0.05, 0) is 17.9 Å². The first-order valence-electron chi connectivity index (χ1n) is 5.08. The molecule has 0 amide bonds. The fourth-order valence-corrected chi connectivity index (χ4v) is 2.23. The predicted octanol–water partition coefficient (Wildman–Crippen LogP) is 2.08. The molecule has 0 bridgehead atoms. The molecule has 1 aromatic heterocycles. The molecule has 0 unspecified atom stereocenters. The Balaban J connectivity index is 2.33. The molecule has 80 valence electrons. The number of nitrogens with zero attached hydrogens (tertiary/aromatic N) is 1. The summed E-state index contributed by atoms with van der Waals surface area (Å²) in [6.45, 7) is 2.91. The molecule has 1 aromatic carbocycles. The SMILES string of the molecule is CCSCCn1c(=O)[nH]c2ccccc21. The molecule has 0 atom stereocenters. The third-order valence-electron chi connectivity index (χ3n) is 2.34. The molecule has 0 aliphatic rings. The molecule has 0 aliphatic carbocycles. The highest BCUT2D eigenvalue weighted by molar-refractivity contribution is 7.99. The maximum absolute atomic E-state index is 11.6. The lowest BCUT2D eigenvalue weighted by atomic mass is 10.3. The van der Waals surface area contributed by atoms with Gasteiger partial charge in [-0.15, -0.1) is 0 Å². The van der Waals surface area contributed by atoms with Crippen molar-refractivity contribution in [3.05, 3.63) is 34.7 Å². The fraction of sp³-hybridized carbons (Fsp3) is 0.364. The normalized spacial score (nSPS) is 11.0. The number of aromatic nitrogens is 2. The van der Waals surface area contributed by atoms with Crippen molar-refractivity contribution >= 4 is 22.8 Å². The summed E-state index contributed by atoms with van der Waals surface area (Å²) in [6.07, 6.45) is 0. The van der Waals surface area contributed by atoms with Crippen molar-refractivity contribution in [1.29, 1.82) is 0 Å². The number of imidazole rings is 1. The van der Waals surface area contributed by atoms with E-state index in [-0.39, 0.29) is 5.69 Å². The monoisotopic (exact) mass is 222 g/mol. The number of fused-ring (bicyclic) bond motifs is 1. The van der Waals surface area contributed by atoms with Crippen molar-refractivity contribution < 1.29 is 0 Å². The second kappa shape index (κ2) is 4.57. The molecule has 0 radical (unpaired) electrons. The Bertz CT molecular complexity index is 501. The second-order valence-electron chi connectivity index (χ2n) is 3.30. The average molecular weight is 222 g/mol. The lowest BCUT2D eigenvalue weighted by Gasteiger charge is -2.01.